The molecule has 0 saturated carbocycles. The Bertz CT molecular complexity index is 608. The third-order valence-corrected chi connectivity index (χ3v) is 5.32. The molecule has 0 aliphatic rings. The zero-order valence-corrected chi connectivity index (χ0v) is 19.1. The first-order valence-electron chi connectivity index (χ1n) is 9.95. The maximum atomic E-state index is 12.0. The fourth-order valence-corrected chi connectivity index (χ4v) is 2.42. The summed E-state index contributed by atoms with van der Waals surface area (Å²) in [6.07, 6.45) is 0. The summed E-state index contributed by atoms with van der Waals surface area (Å²) >= 11 is 0. The van der Waals surface area contributed by atoms with Crippen molar-refractivity contribution in [1.29, 1.82) is 0 Å². The van der Waals surface area contributed by atoms with Crippen molar-refractivity contribution in [2.75, 3.05) is 13.1 Å². The summed E-state index contributed by atoms with van der Waals surface area (Å²) in [5.74, 6) is -0.186. The van der Waals surface area contributed by atoms with Gasteiger partial charge >= 0.3 is 0 Å². The van der Waals surface area contributed by atoms with Gasteiger partial charge in [-0.25, -0.2) is 0 Å². The Morgan fingerprint density at radius 2 is 1.03 bits per heavy atom. The molecule has 0 unspecified atom stereocenters. The van der Waals surface area contributed by atoms with Gasteiger partial charge in [0.1, 0.15) is 17.3 Å². The van der Waals surface area contributed by atoms with Gasteiger partial charge in [0.2, 0.25) is 0 Å². The summed E-state index contributed by atoms with van der Waals surface area (Å²) in [6, 6.07) is -1.81. The molecule has 0 rings (SSSR count). The second kappa shape index (κ2) is 11.9. The highest BCUT2D eigenvalue weighted by molar-refractivity contribution is 5.82. The van der Waals surface area contributed by atoms with E-state index in [2.05, 4.69) is 27.8 Å². The summed E-state index contributed by atoms with van der Waals surface area (Å²) in [5.41, 5.74) is -0.456. The molecule has 0 amide bonds. The Labute approximate surface area is 174 Å². The summed E-state index contributed by atoms with van der Waals surface area (Å²) < 4.78 is 0. The molecule has 0 aliphatic carbocycles. The van der Waals surface area contributed by atoms with Gasteiger partial charge in [0.25, 0.3) is 0 Å². The van der Waals surface area contributed by atoms with Crippen molar-refractivity contribution in [3.05, 3.63) is 12.3 Å². The van der Waals surface area contributed by atoms with Gasteiger partial charge in [-0.3, -0.25) is 24.5 Å². The van der Waals surface area contributed by atoms with Crippen LogP contribution in [0.5, 0.6) is 0 Å². The van der Waals surface area contributed by atoms with Gasteiger partial charge in [-0.05, 0) is 55.4 Å². The van der Waals surface area contributed by atoms with E-state index in [1.165, 1.54) is 27.7 Å². The van der Waals surface area contributed by atoms with Crippen molar-refractivity contribution in [3.63, 3.8) is 0 Å². The van der Waals surface area contributed by atoms with Crippen LogP contribution in [0.4, 0.5) is 0 Å². The summed E-state index contributed by atoms with van der Waals surface area (Å²) in [7, 11) is 0. The molecule has 0 radical (unpaired) electrons. The zero-order valence-electron chi connectivity index (χ0n) is 19.1. The number of rotatable bonds is 15. The zero-order chi connectivity index (χ0) is 22.9. The van der Waals surface area contributed by atoms with E-state index < -0.39 is 29.7 Å². The van der Waals surface area contributed by atoms with E-state index >= 15 is 0 Å². The molecule has 0 aliphatic heterocycles. The largest absolute Gasteiger partial charge is 0.378 e. The lowest BCUT2D eigenvalue weighted by Crippen LogP contribution is -2.67. The molecule has 0 aromatic carbocycles. The first kappa shape index (κ1) is 27.1. The van der Waals surface area contributed by atoms with Crippen LogP contribution in [0.25, 0.3) is 0 Å². The van der Waals surface area contributed by atoms with Crippen LogP contribution >= 0.6 is 0 Å². The lowest BCUT2D eigenvalue weighted by Gasteiger charge is -2.41. The van der Waals surface area contributed by atoms with Gasteiger partial charge in [0.15, 0.2) is 5.78 Å². The van der Waals surface area contributed by atoms with Gasteiger partial charge in [0, 0.05) is 18.8 Å². The van der Waals surface area contributed by atoms with E-state index in [1.54, 1.807) is 27.7 Å². The predicted molar refractivity (Wildman–Crippen MR) is 115 cm³/mol. The van der Waals surface area contributed by atoms with E-state index in [4.69, 9.17) is 0 Å². The molecule has 0 aromatic rings. The fourth-order valence-electron chi connectivity index (χ4n) is 2.42. The molecular formula is C21H38N4O4. The molecule has 0 bridgehead atoms. The molecular weight excluding hydrogens is 372 g/mol. The molecule has 8 heteroatoms. The van der Waals surface area contributed by atoms with Gasteiger partial charge in [-0.2, -0.15) is 0 Å². The Hall–Kier alpha value is -1.90. The molecule has 0 heterocycles. The summed E-state index contributed by atoms with van der Waals surface area (Å²) in [4.78, 5) is 47.1. The molecule has 0 aromatic heterocycles. The second-order valence-corrected chi connectivity index (χ2v) is 7.94. The molecule has 0 fully saturated rings. The molecule has 4 N–H and O–H groups in total. The van der Waals surface area contributed by atoms with Crippen molar-refractivity contribution in [3.8, 4) is 0 Å². The van der Waals surface area contributed by atoms with E-state index in [-0.39, 0.29) is 36.2 Å². The molecule has 8 nitrogen and oxygen atoms in total. The molecule has 29 heavy (non-hydrogen) atoms. The average Bonchev–Trinajstić information content (AvgIpc) is 2.62. The minimum absolute atomic E-state index is 0.0285. The van der Waals surface area contributed by atoms with E-state index in [9.17, 15) is 19.2 Å². The first-order chi connectivity index (χ1) is 13.2. The third kappa shape index (κ3) is 8.97. The number of hydrogen-bond donors (Lipinski definition) is 4. The number of carbonyl (C=O) groups excluding carboxylic acids is 4. The highest BCUT2D eigenvalue weighted by atomic mass is 16.1. The molecule has 0 saturated heterocycles. The molecule has 4 atom stereocenters. The maximum Gasteiger partial charge on any atom is 0.151 e. The Balaban J connectivity index is 5.94. The average molecular weight is 411 g/mol. The van der Waals surface area contributed by atoms with Crippen LogP contribution < -0.4 is 21.3 Å². The van der Waals surface area contributed by atoms with Crippen molar-refractivity contribution < 1.29 is 19.2 Å². The standard InChI is InChI=1S/C21H38N4O4/c1-12(16(5)26)22-10-21(25-15(4)19(8)29,11-23-13(2)17(6)27)20(9)24-14(3)18(7)28/h12-15,22-25H,9-11H2,1-8H3/t12-,13-,14-,15-/m0/s1. The van der Waals surface area contributed by atoms with Gasteiger partial charge in [-0.15, -0.1) is 0 Å². The van der Waals surface area contributed by atoms with Crippen molar-refractivity contribution in [1.82, 2.24) is 21.3 Å². The maximum absolute atomic E-state index is 12.0. The SMILES string of the molecule is C=C(N[C@@H](C)C(C)=O)C(CN[C@@H](C)C(C)=O)(CN[C@@H](C)C(C)=O)N[C@@H](C)C(C)=O. The first-order valence-corrected chi connectivity index (χ1v) is 9.95. The lowest BCUT2D eigenvalue weighted by atomic mass is 9.91. The van der Waals surface area contributed by atoms with Gasteiger partial charge in [0.05, 0.1) is 29.7 Å². The lowest BCUT2D eigenvalue weighted by molar-refractivity contribution is -0.120. The number of carbonyl (C=O) groups is 4. The van der Waals surface area contributed by atoms with Crippen LogP contribution in [0.15, 0.2) is 12.3 Å². The van der Waals surface area contributed by atoms with E-state index in [0.717, 1.165) is 0 Å². The van der Waals surface area contributed by atoms with Crippen LogP contribution in [-0.4, -0.2) is 65.9 Å². The monoisotopic (exact) mass is 410 g/mol. The smallest absolute Gasteiger partial charge is 0.151 e. The van der Waals surface area contributed by atoms with Crippen molar-refractivity contribution in [2.24, 2.45) is 0 Å². The minimum atomic E-state index is -0.942. The number of Topliss-reactive ketones (excluding diaryl/α,β-unsaturated/α-hetero) is 4. The van der Waals surface area contributed by atoms with Crippen molar-refractivity contribution in [2.45, 2.75) is 85.1 Å². The van der Waals surface area contributed by atoms with Crippen LogP contribution in [0, 0.1) is 0 Å². The van der Waals surface area contributed by atoms with Crippen LogP contribution in [0.2, 0.25) is 0 Å². The Morgan fingerprint density at radius 3 is 1.34 bits per heavy atom. The fraction of sp³-hybridized carbons (Fsp3) is 0.714. The van der Waals surface area contributed by atoms with E-state index in [0.29, 0.717) is 5.70 Å². The third-order valence-electron chi connectivity index (χ3n) is 5.32. The van der Waals surface area contributed by atoms with Crippen LogP contribution in [-0.2, 0) is 19.2 Å². The van der Waals surface area contributed by atoms with Crippen LogP contribution in [0.3, 0.4) is 0 Å². The number of ketones is 4. The summed E-state index contributed by atoms with van der Waals surface area (Å²) in [6.45, 7) is 17.5. The minimum Gasteiger partial charge on any atom is -0.378 e. The van der Waals surface area contributed by atoms with E-state index in [1.807, 2.05) is 0 Å². The Kier molecular flexibility index (Phi) is 11.2. The van der Waals surface area contributed by atoms with Crippen LogP contribution in [0.1, 0.15) is 55.4 Å². The highest BCUT2D eigenvalue weighted by Crippen LogP contribution is 2.16. The molecule has 166 valence electrons. The van der Waals surface area contributed by atoms with Gasteiger partial charge in [-0.1, -0.05) is 6.58 Å². The second-order valence-electron chi connectivity index (χ2n) is 7.94. The highest BCUT2D eigenvalue weighted by Gasteiger charge is 2.37. The topological polar surface area (TPSA) is 116 Å². The van der Waals surface area contributed by atoms with Crippen molar-refractivity contribution >= 4 is 23.1 Å². The molecule has 0 spiro atoms. The Morgan fingerprint density at radius 1 is 0.690 bits per heavy atom. The predicted octanol–water partition coefficient (Wildman–Crippen LogP) is 0.507. The van der Waals surface area contributed by atoms with Gasteiger partial charge < -0.3 is 16.0 Å². The number of hydrogen-bond acceptors (Lipinski definition) is 8. The quantitative estimate of drug-likeness (QED) is 0.309. The summed E-state index contributed by atoms with van der Waals surface area (Å²) in [5, 5.41) is 12.7. The number of nitrogens with one attached hydrogen (secondary N) is 4. The normalized spacial score (nSPS) is 15.7.